The van der Waals surface area contributed by atoms with Crippen molar-refractivity contribution in [1.29, 1.82) is 0 Å². The fourth-order valence-electron chi connectivity index (χ4n) is 3.24. The fraction of sp³-hybridized carbons (Fsp3) is 0.208. The van der Waals surface area contributed by atoms with Gasteiger partial charge in [0.15, 0.2) is 0 Å². The highest BCUT2D eigenvalue weighted by Gasteiger charge is 2.33. The summed E-state index contributed by atoms with van der Waals surface area (Å²) >= 11 is 0. The minimum Gasteiger partial charge on any atom is -0.379 e. The Bertz CT molecular complexity index is 1170. The molecular formula is C24H22FNO4S. The lowest BCUT2D eigenvalue weighted by Gasteiger charge is -2.23. The van der Waals surface area contributed by atoms with E-state index in [1.807, 2.05) is 36.1 Å². The fourth-order valence-corrected chi connectivity index (χ4v) is 4.17. The monoisotopic (exact) mass is 439 g/mol. The zero-order valence-corrected chi connectivity index (χ0v) is 17.8. The van der Waals surface area contributed by atoms with Gasteiger partial charge in [-0.15, -0.1) is 0 Å². The van der Waals surface area contributed by atoms with Crippen LogP contribution in [-0.4, -0.2) is 25.3 Å². The van der Waals surface area contributed by atoms with Gasteiger partial charge < -0.3 is 9.08 Å². The van der Waals surface area contributed by atoms with Gasteiger partial charge in [-0.2, -0.15) is 8.42 Å². The van der Waals surface area contributed by atoms with E-state index in [2.05, 4.69) is 0 Å². The summed E-state index contributed by atoms with van der Waals surface area (Å²) in [6, 6.07) is 18.8. The summed E-state index contributed by atoms with van der Waals surface area (Å²) in [6.45, 7) is 2.41. The molecule has 7 heteroatoms. The topological polar surface area (TPSA) is 63.7 Å². The van der Waals surface area contributed by atoms with E-state index in [4.69, 9.17) is 4.18 Å². The lowest BCUT2D eigenvalue weighted by molar-refractivity contribution is 0.0730. The molecule has 0 bridgehead atoms. The van der Waals surface area contributed by atoms with E-state index in [-0.39, 0.29) is 22.6 Å². The first-order chi connectivity index (χ1) is 14.8. The van der Waals surface area contributed by atoms with Crippen LogP contribution in [0.3, 0.4) is 0 Å². The minimum atomic E-state index is -4.05. The average Bonchev–Trinajstić information content (AvgIpc) is 3.58. The molecule has 0 spiro atoms. The number of benzene rings is 3. The Balaban J connectivity index is 1.46. The predicted octanol–water partition coefficient (Wildman–Crippen LogP) is 4.71. The number of hydrogen-bond donors (Lipinski definition) is 0. The molecule has 1 amide bonds. The largest absolute Gasteiger partial charge is 0.379 e. The lowest BCUT2D eigenvalue weighted by atomic mass is 10.1. The summed E-state index contributed by atoms with van der Waals surface area (Å²) in [4.78, 5) is 14.7. The van der Waals surface area contributed by atoms with Crippen LogP contribution in [-0.2, 0) is 16.7 Å². The summed E-state index contributed by atoms with van der Waals surface area (Å²) in [7, 11) is -4.05. The van der Waals surface area contributed by atoms with Crippen molar-refractivity contribution in [3.8, 4) is 5.75 Å². The number of hydrogen-bond acceptors (Lipinski definition) is 4. The van der Waals surface area contributed by atoms with Gasteiger partial charge in [0.1, 0.15) is 16.5 Å². The van der Waals surface area contributed by atoms with Crippen molar-refractivity contribution in [3.05, 3.63) is 95.3 Å². The molecule has 0 N–H and O–H groups in total. The number of rotatable bonds is 7. The van der Waals surface area contributed by atoms with E-state index in [0.29, 0.717) is 12.1 Å². The van der Waals surface area contributed by atoms with Crippen molar-refractivity contribution in [3.63, 3.8) is 0 Å². The Labute approximate surface area is 181 Å². The molecule has 0 radical (unpaired) electrons. The van der Waals surface area contributed by atoms with Crippen molar-refractivity contribution in [2.45, 2.75) is 37.2 Å². The number of carbonyl (C=O) groups is 1. The van der Waals surface area contributed by atoms with Gasteiger partial charge in [-0.1, -0.05) is 29.8 Å². The van der Waals surface area contributed by atoms with Gasteiger partial charge in [-0.05, 0) is 73.9 Å². The van der Waals surface area contributed by atoms with E-state index in [1.165, 1.54) is 0 Å². The van der Waals surface area contributed by atoms with Crippen molar-refractivity contribution in [2.24, 2.45) is 0 Å². The molecule has 3 aromatic carbocycles. The predicted molar refractivity (Wildman–Crippen MR) is 115 cm³/mol. The average molecular weight is 440 g/mol. The molecule has 160 valence electrons. The zero-order chi connectivity index (χ0) is 22.0. The lowest BCUT2D eigenvalue weighted by Crippen LogP contribution is -2.32. The normalized spacial score (nSPS) is 13.6. The highest BCUT2D eigenvalue weighted by molar-refractivity contribution is 7.87. The third-order valence-corrected chi connectivity index (χ3v) is 6.39. The van der Waals surface area contributed by atoms with Crippen LogP contribution in [0.1, 0.15) is 34.3 Å². The van der Waals surface area contributed by atoms with Crippen LogP contribution in [0.5, 0.6) is 5.75 Å². The van der Waals surface area contributed by atoms with Crippen LogP contribution in [0, 0.1) is 12.7 Å². The molecular weight excluding hydrogens is 417 g/mol. The van der Waals surface area contributed by atoms with Gasteiger partial charge in [0, 0.05) is 18.2 Å². The third kappa shape index (κ3) is 5.11. The molecule has 0 unspecified atom stereocenters. The number of nitrogens with zero attached hydrogens (tertiary/aromatic N) is 1. The molecule has 0 aromatic heterocycles. The number of aryl methyl sites for hydroxylation is 1. The van der Waals surface area contributed by atoms with Crippen LogP contribution in [0.2, 0.25) is 0 Å². The first-order valence-electron chi connectivity index (χ1n) is 9.98. The molecule has 31 heavy (non-hydrogen) atoms. The maximum Gasteiger partial charge on any atom is 0.339 e. The number of halogens is 1. The SMILES string of the molecule is Cc1ccc(C(=O)N(Cc2ccc(OS(=O)(=O)c3ccc(F)cc3)cc2)C2CC2)cc1. The maximum atomic E-state index is 13.0. The molecule has 0 atom stereocenters. The first-order valence-corrected chi connectivity index (χ1v) is 11.4. The van der Waals surface area contributed by atoms with Crippen LogP contribution in [0.15, 0.2) is 77.7 Å². The highest BCUT2D eigenvalue weighted by atomic mass is 32.2. The molecule has 5 nitrogen and oxygen atoms in total. The molecule has 1 aliphatic carbocycles. The summed E-state index contributed by atoms with van der Waals surface area (Å²) < 4.78 is 42.9. The van der Waals surface area contributed by atoms with Crippen molar-refractivity contribution in [1.82, 2.24) is 4.90 Å². The van der Waals surface area contributed by atoms with Crippen LogP contribution in [0.4, 0.5) is 4.39 Å². The number of carbonyl (C=O) groups excluding carboxylic acids is 1. The van der Waals surface area contributed by atoms with Gasteiger partial charge in [0.05, 0.1) is 0 Å². The summed E-state index contributed by atoms with van der Waals surface area (Å²) in [6.07, 6.45) is 1.96. The van der Waals surface area contributed by atoms with E-state index < -0.39 is 15.9 Å². The first kappa shape index (κ1) is 21.1. The molecule has 0 heterocycles. The van der Waals surface area contributed by atoms with Gasteiger partial charge in [-0.25, -0.2) is 4.39 Å². The summed E-state index contributed by atoms with van der Waals surface area (Å²) in [5.74, 6) is -0.388. The van der Waals surface area contributed by atoms with Crippen LogP contribution >= 0.6 is 0 Å². The second kappa shape index (κ2) is 8.51. The van der Waals surface area contributed by atoms with E-state index >= 15 is 0 Å². The summed E-state index contributed by atoms with van der Waals surface area (Å²) in [5.41, 5.74) is 2.63. The van der Waals surface area contributed by atoms with Gasteiger partial charge >= 0.3 is 10.1 Å². The molecule has 3 aromatic rings. The van der Waals surface area contributed by atoms with Crippen molar-refractivity contribution < 1.29 is 21.8 Å². The molecule has 0 saturated heterocycles. The smallest absolute Gasteiger partial charge is 0.339 e. The standard InChI is InChI=1S/C24H22FNO4S/c1-17-2-6-19(7-3-17)24(27)26(21-10-11-21)16-18-4-12-22(13-5-18)30-31(28,29)23-14-8-20(25)9-15-23/h2-9,12-15,21H,10-11,16H2,1H3. The summed E-state index contributed by atoms with van der Waals surface area (Å²) in [5, 5.41) is 0. The molecule has 1 fully saturated rings. The van der Waals surface area contributed by atoms with Gasteiger partial charge in [-0.3, -0.25) is 4.79 Å². The van der Waals surface area contributed by atoms with Crippen LogP contribution in [0.25, 0.3) is 0 Å². The second-order valence-electron chi connectivity index (χ2n) is 7.67. The van der Waals surface area contributed by atoms with E-state index in [9.17, 15) is 17.6 Å². The Morgan fingerprint density at radius 2 is 1.58 bits per heavy atom. The third-order valence-electron chi connectivity index (χ3n) is 5.13. The van der Waals surface area contributed by atoms with E-state index in [0.717, 1.165) is 48.2 Å². The van der Waals surface area contributed by atoms with Crippen molar-refractivity contribution >= 4 is 16.0 Å². The molecule has 1 aliphatic rings. The second-order valence-corrected chi connectivity index (χ2v) is 9.21. The molecule has 0 aliphatic heterocycles. The van der Waals surface area contributed by atoms with Gasteiger partial charge in [0.25, 0.3) is 5.91 Å². The zero-order valence-electron chi connectivity index (χ0n) is 17.0. The van der Waals surface area contributed by atoms with Crippen molar-refractivity contribution in [2.75, 3.05) is 0 Å². The molecule has 4 rings (SSSR count). The van der Waals surface area contributed by atoms with E-state index in [1.54, 1.807) is 24.3 Å². The number of amides is 1. The molecule has 1 saturated carbocycles. The maximum absolute atomic E-state index is 13.0. The highest BCUT2D eigenvalue weighted by Crippen LogP contribution is 2.30. The Hall–Kier alpha value is -3.19. The Kier molecular flexibility index (Phi) is 5.78. The quantitative estimate of drug-likeness (QED) is 0.501. The Morgan fingerprint density at radius 3 is 2.16 bits per heavy atom. The van der Waals surface area contributed by atoms with Gasteiger partial charge in [0.2, 0.25) is 0 Å². The minimum absolute atomic E-state index is 0.0123. The Morgan fingerprint density at radius 1 is 0.968 bits per heavy atom. The van der Waals surface area contributed by atoms with Crippen LogP contribution < -0.4 is 4.18 Å².